The van der Waals surface area contributed by atoms with Crippen LogP contribution >= 0.6 is 0 Å². The minimum Gasteiger partial charge on any atom is -0.427 e. The van der Waals surface area contributed by atoms with Gasteiger partial charge >= 0.3 is 11.9 Å². The lowest BCUT2D eigenvalue weighted by Crippen LogP contribution is -2.14. The summed E-state index contributed by atoms with van der Waals surface area (Å²) in [6.07, 6.45) is 5.94. The molecule has 1 rings (SSSR count). The third-order valence-corrected chi connectivity index (χ3v) is 3.23. The number of esters is 2. The Morgan fingerprint density at radius 1 is 0.909 bits per heavy atom. The van der Waals surface area contributed by atoms with Crippen LogP contribution in [0.4, 0.5) is 0 Å². The molecule has 0 aromatic heterocycles. The van der Waals surface area contributed by atoms with E-state index in [1.807, 2.05) is 0 Å². The third-order valence-electron chi connectivity index (χ3n) is 3.23. The monoisotopic (exact) mass is 306 g/mol. The van der Waals surface area contributed by atoms with Crippen molar-refractivity contribution in [3.8, 4) is 11.5 Å². The zero-order chi connectivity index (χ0) is 16.4. The van der Waals surface area contributed by atoms with Gasteiger partial charge in [0.25, 0.3) is 0 Å². The fraction of sp³-hybridized carbons (Fsp3) is 0.556. The first-order valence-corrected chi connectivity index (χ1v) is 8.05. The molecule has 1 aromatic carbocycles. The first-order chi connectivity index (χ1) is 10.5. The van der Waals surface area contributed by atoms with Crippen molar-refractivity contribution in [2.75, 3.05) is 0 Å². The summed E-state index contributed by atoms with van der Waals surface area (Å²) >= 11 is 0. The van der Waals surface area contributed by atoms with E-state index in [2.05, 4.69) is 6.92 Å². The molecule has 4 heteroatoms. The SMILES string of the molecule is CCCCCCCC(=O)Oc1ccc(OC(=O)C(C)C)cc1. The van der Waals surface area contributed by atoms with Crippen molar-refractivity contribution in [2.45, 2.75) is 59.3 Å². The number of rotatable bonds is 9. The van der Waals surface area contributed by atoms with Crippen molar-refractivity contribution in [1.82, 2.24) is 0 Å². The largest absolute Gasteiger partial charge is 0.427 e. The number of hydrogen-bond acceptors (Lipinski definition) is 4. The lowest BCUT2D eigenvalue weighted by molar-refractivity contribution is -0.138. The normalized spacial score (nSPS) is 10.5. The molecule has 0 bridgehead atoms. The molecule has 0 aliphatic heterocycles. The molecule has 0 saturated heterocycles. The van der Waals surface area contributed by atoms with Gasteiger partial charge in [0.1, 0.15) is 11.5 Å². The van der Waals surface area contributed by atoms with Gasteiger partial charge in [-0.25, -0.2) is 0 Å². The van der Waals surface area contributed by atoms with Gasteiger partial charge in [-0.1, -0.05) is 46.5 Å². The fourth-order valence-electron chi connectivity index (χ4n) is 1.87. The molecule has 22 heavy (non-hydrogen) atoms. The van der Waals surface area contributed by atoms with Crippen molar-refractivity contribution in [3.63, 3.8) is 0 Å². The van der Waals surface area contributed by atoms with Crippen LogP contribution in [0.25, 0.3) is 0 Å². The van der Waals surface area contributed by atoms with E-state index in [1.165, 1.54) is 19.3 Å². The molecular formula is C18H26O4. The van der Waals surface area contributed by atoms with Gasteiger partial charge in [-0.05, 0) is 30.7 Å². The van der Waals surface area contributed by atoms with Crippen LogP contribution in [0, 0.1) is 5.92 Å². The molecule has 0 saturated carbocycles. The molecule has 1 aromatic rings. The summed E-state index contributed by atoms with van der Waals surface area (Å²) in [5.41, 5.74) is 0. The Morgan fingerprint density at radius 3 is 2.00 bits per heavy atom. The molecule has 0 radical (unpaired) electrons. The second kappa shape index (κ2) is 9.98. The van der Waals surface area contributed by atoms with E-state index < -0.39 is 0 Å². The fourth-order valence-corrected chi connectivity index (χ4v) is 1.87. The lowest BCUT2D eigenvalue weighted by atomic mass is 10.1. The highest BCUT2D eigenvalue weighted by atomic mass is 16.5. The first kappa shape index (κ1) is 18.2. The molecule has 0 aliphatic rings. The summed E-state index contributed by atoms with van der Waals surface area (Å²) < 4.78 is 10.4. The first-order valence-electron chi connectivity index (χ1n) is 8.05. The van der Waals surface area contributed by atoms with E-state index in [1.54, 1.807) is 38.1 Å². The summed E-state index contributed by atoms with van der Waals surface area (Å²) in [4.78, 5) is 23.2. The summed E-state index contributed by atoms with van der Waals surface area (Å²) in [6, 6.07) is 6.53. The van der Waals surface area contributed by atoms with Crippen LogP contribution in [0.2, 0.25) is 0 Å². The predicted octanol–water partition coefficient (Wildman–Crippen LogP) is 4.51. The van der Waals surface area contributed by atoms with Crippen LogP contribution in [0.3, 0.4) is 0 Å². The number of unbranched alkanes of at least 4 members (excludes halogenated alkanes) is 4. The second-order valence-electron chi connectivity index (χ2n) is 5.69. The molecule has 122 valence electrons. The number of hydrogen-bond donors (Lipinski definition) is 0. The highest BCUT2D eigenvalue weighted by Crippen LogP contribution is 2.19. The second-order valence-corrected chi connectivity index (χ2v) is 5.69. The Kier molecular flexibility index (Phi) is 8.26. The number of carbonyl (C=O) groups excluding carboxylic acids is 2. The Balaban J connectivity index is 2.34. The quantitative estimate of drug-likeness (QED) is 0.382. The maximum absolute atomic E-state index is 11.7. The van der Waals surface area contributed by atoms with E-state index >= 15 is 0 Å². The maximum atomic E-state index is 11.7. The van der Waals surface area contributed by atoms with Gasteiger partial charge < -0.3 is 9.47 Å². The van der Waals surface area contributed by atoms with Crippen LogP contribution in [0.5, 0.6) is 11.5 Å². The van der Waals surface area contributed by atoms with Crippen molar-refractivity contribution >= 4 is 11.9 Å². The Morgan fingerprint density at radius 2 is 1.45 bits per heavy atom. The number of ether oxygens (including phenoxy) is 2. The lowest BCUT2D eigenvalue weighted by Gasteiger charge is -2.08. The standard InChI is InChI=1S/C18H26O4/c1-4-5-6-7-8-9-17(19)21-15-10-12-16(13-11-15)22-18(20)14(2)3/h10-14H,4-9H2,1-3H3. The molecular weight excluding hydrogens is 280 g/mol. The summed E-state index contributed by atoms with van der Waals surface area (Å²) in [5.74, 6) is 0.256. The molecule has 0 fully saturated rings. The summed E-state index contributed by atoms with van der Waals surface area (Å²) in [6.45, 7) is 5.72. The van der Waals surface area contributed by atoms with Gasteiger partial charge in [-0.2, -0.15) is 0 Å². The van der Waals surface area contributed by atoms with E-state index in [-0.39, 0.29) is 17.9 Å². The smallest absolute Gasteiger partial charge is 0.313 e. The maximum Gasteiger partial charge on any atom is 0.313 e. The Bertz CT molecular complexity index is 462. The molecule has 0 aliphatic carbocycles. The summed E-state index contributed by atoms with van der Waals surface area (Å²) in [7, 11) is 0. The van der Waals surface area contributed by atoms with Crippen molar-refractivity contribution in [1.29, 1.82) is 0 Å². The molecule has 0 amide bonds. The van der Waals surface area contributed by atoms with Crippen LogP contribution in [-0.2, 0) is 9.59 Å². The van der Waals surface area contributed by atoms with Crippen LogP contribution in [-0.4, -0.2) is 11.9 Å². The van der Waals surface area contributed by atoms with E-state index in [0.717, 1.165) is 12.8 Å². The predicted molar refractivity (Wildman–Crippen MR) is 85.9 cm³/mol. The van der Waals surface area contributed by atoms with Crippen molar-refractivity contribution in [3.05, 3.63) is 24.3 Å². The van der Waals surface area contributed by atoms with Crippen molar-refractivity contribution in [2.24, 2.45) is 5.92 Å². The Hall–Kier alpha value is -1.84. The van der Waals surface area contributed by atoms with Gasteiger partial charge in [0, 0.05) is 6.42 Å². The number of benzene rings is 1. The van der Waals surface area contributed by atoms with Gasteiger partial charge in [0.05, 0.1) is 5.92 Å². The summed E-state index contributed by atoms with van der Waals surface area (Å²) in [5, 5.41) is 0. The van der Waals surface area contributed by atoms with E-state index in [9.17, 15) is 9.59 Å². The highest BCUT2D eigenvalue weighted by Gasteiger charge is 2.10. The van der Waals surface area contributed by atoms with Crippen molar-refractivity contribution < 1.29 is 19.1 Å². The molecule has 0 unspecified atom stereocenters. The minimum absolute atomic E-state index is 0.176. The average molecular weight is 306 g/mol. The molecule has 0 heterocycles. The topological polar surface area (TPSA) is 52.6 Å². The van der Waals surface area contributed by atoms with Gasteiger partial charge in [-0.3, -0.25) is 9.59 Å². The van der Waals surface area contributed by atoms with Gasteiger partial charge in [0.2, 0.25) is 0 Å². The average Bonchev–Trinajstić information content (AvgIpc) is 2.49. The molecule has 4 nitrogen and oxygen atoms in total. The van der Waals surface area contributed by atoms with E-state index in [4.69, 9.17) is 9.47 Å². The zero-order valence-corrected chi connectivity index (χ0v) is 13.8. The van der Waals surface area contributed by atoms with Crippen LogP contribution < -0.4 is 9.47 Å². The zero-order valence-electron chi connectivity index (χ0n) is 13.8. The highest BCUT2D eigenvalue weighted by molar-refractivity contribution is 5.74. The van der Waals surface area contributed by atoms with Crippen LogP contribution in [0.1, 0.15) is 59.3 Å². The minimum atomic E-state index is -0.281. The molecule has 0 spiro atoms. The number of carbonyl (C=O) groups is 2. The Labute approximate surface area is 132 Å². The van der Waals surface area contributed by atoms with Gasteiger partial charge in [-0.15, -0.1) is 0 Å². The third kappa shape index (κ3) is 7.25. The van der Waals surface area contributed by atoms with E-state index in [0.29, 0.717) is 17.9 Å². The molecule has 0 atom stereocenters. The van der Waals surface area contributed by atoms with Crippen LogP contribution in [0.15, 0.2) is 24.3 Å². The molecule has 0 N–H and O–H groups in total. The van der Waals surface area contributed by atoms with Gasteiger partial charge in [0.15, 0.2) is 0 Å².